The molecule has 4 heterocycles. The van der Waals surface area contributed by atoms with E-state index in [2.05, 4.69) is 21.5 Å². The fourth-order valence-electron chi connectivity index (χ4n) is 5.03. The summed E-state index contributed by atoms with van der Waals surface area (Å²) in [5.41, 5.74) is -0.732. The highest BCUT2D eigenvalue weighted by Crippen LogP contribution is 2.40. The molecule has 2 N–H and O–H groups in total. The van der Waals surface area contributed by atoms with E-state index in [1.54, 1.807) is 18.2 Å². The second-order valence-corrected chi connectivity index (χ2v) is 12.0. The van der Waals surface area contributed by atoms with Gasteiger partial charge >= 0.3 is 0 Å². The van der Waals surface area contributed by atoms with E-state index in [-0.39, 0.29) is 48.7 Å². The van der Waals surface area contributed by atoms with Crippen molar-refractivity contribution in [3.8, 4) is 6.07 Å². The van der Waals surface area contributed by atoms with Crippen LogP contribution < -0.4 is 10.9 Å². The van der Waals surface area contributed by atoms with Gasteiger partial charge in [0, 0.05) is 30.6 Å². The lowest BCUT2D eigenvalue weighted by Gasteiger charge is -2.38. The number of hydrogen-bond donors (Lipinski definition) is 2. The van der Waals surface area contributed by atoms with Gasteiger partial charge in [-0.1, -0.05) is 0 Å². The van der Waals surface area contributed by atoms with Gasteiger partial charge in [-0.3, -0.25) is 9.48 Å². The molecule has 0 bridgehead atoms. The van der Waals surface area contributed by atoms with E-state index in [9.17, 15) is 18.5 Å². The predicted octanol–water partition coefficient (Wildman–Crippen LogP) is 3.14. The smallest absolute Gasteiger partial charge is 0.261 e. The summed E-state index contributed by atoms with van der Waals surface area (Å²) in [6, 6.07) is 8.58. The Labute approximate surface area is 207 Å². The highest BCUT2D eigenvalue weighted by Gasteiger charge is 2.46. The van der Waals surface area contributed by atoms with Crippen molar-refractivity contribution in [2.75, 3.05) is 18.5 Å². The Hall–Kier alpha value is -3.27. The Kier molecular flexibility index (Phi) is 5.70. The lowest BCUT2D eigenvalue weighted by molar-refractivity contribution is -0.0511. The Bertz CT molecular complexity index is 1550. The number of hydrogen-bond acceptors (Lipinski definition) is 7. The highest BCUT2D eigenvalue weighted by atomic mass is 32.2. The molecule has 2 atom stereocenters. The first-order valence-electron chi connectivity index (χ1n) is 11.6. The van der Waals surface area contributed by atoms with Gasteiger partial charge in [-0.2, -0.15) is 14.7 Å². The van der Waals surface area contributed by atoms with Gasteiger partial charge in [-0.25, -0.2) is 12.8 Å². The monoisotopic (exact) mass is 514 g/mol. The van der Waals surface area contributed by atoms with Crippen LogP contribution >= 0.6 is 0 Å². The van der Waals surface area contributed by atoms with Crippen LogP contribution in [0.15, 0.2) is 40.2 Å². The minimum absolute atomic E-state index is 0.139. The van der Waals surface area contributed by atoms with Crippen molar-refractivity contribution in [2.24, 2.45) is 0 Å². The number of ether oxygens (including phenoxy) is 1. The molecule has 0 radical (unpaired) electrons. The van der Waals surface area contributed by atoms with Crippen LogP contribution in [0.2, 0.25) is 0 Å². The van der Waals surface area contributed by atoms with Gasteiger partial charge in [0.25, 0.3) is 5.56 Å². The maximum absolute atomic E-state index is 15.3. The number of aromatic nitrogens is 3. The summed E-state index contributed by atoms with van der Waals surface area (Å²) < 4.78 is 49.4. The van der Waals surface area contributed by atoms with Crippen molar-refractivity contribution < 1.29 is 17.5 Å². The predicted molar refractivity (Wildman–Crippen MR) is 131 cm³/mol. The third-order valence-corrected chi connectivity index (χ3v) is 9.10. The van der Waals surface area contributed by atoms with Crippen molar-refractivity contribution in [3.63, 3.8) is 0 Å². The summed E-state index contributed by atoms with van der Waals surface area (Å²) >= 11 is 0. The fourth-order valence-corrected chi connectivity index (χ4v) is 6.99. The first-order valence-corrected chi connectivity index (χ1v) is 13.1. The lowest BCUT2D eigenvalue weighted by Crippen LogP contribution is -2.49. The fraction of sp³-hybridized carbons (Fsp3) is 0.458. The molecule has 0 spiro atoms. The number of aromatic amines is 1. The van der Waals surface area contributed by atoms with E-state index >= 15 is 4.39 Å². The number of rotatable bonds is 4. The first kappa shape index (κ1) is 24.4. The van der Waals surface area contributed by atoms with Crippen LogP contribution in [0, 0.1) is 11.3 Å². The molecule has 2 aliphatic rings. The molecule has 1 saturated heterocycles. The third kappa shape index (κ3) is 3.70. The number of fused-ring (bicyclic) bond motifs is 2. The number of anilines is 2. The van der Waals surface area contributed by atoms with Gasteiger partial charge in [0.05, 0.1) is 29.5 Å². The number of pyridine rings is 1. The molecule has 12 heteroatoms. The zero-order chi connectivity index (χ0) is 25.9. The molecular weight excluding hydrogens is 487 g/mol. The average molecular weight is 515 g/mol. The first-order chi connectivity index (χ1) is 17.0. The summed E-state index contributed by atoms with van der Waals surface area (Å²) in [4.78, 5) is 15.7. The molecule has 0 saturated carbocycles. The van der Waals surface area contributed by atoms with E-state index in [4.69, 9.17) is 4.74 Å². The number of nitrogens with zero attached hydrogens (tertiary/aromatic N) is 4. The van der Waals surface area contributed by atoms with Crippen LogP contribution in [0.5, 0.6) is 0 Å². The second kappa shape index (κ2) is 8.40. The molecule has 2 unspecified atom stereocenters. The molecule has 36 heavy (non-hydrogen) atoms. The molecule has 2 aromatic heterocycles. The Morgan fingerprint density at radius 1 is 1.36 bits per heavy atom. The van der Waals surface area contributed by atoms with Crippen molar-refractivity contribution in [2.45, 2.75) is 62.3 Å². The van der Waals surface area contributed by atoms with Crippen LogP contribution in [-0.4, -0.2) is 52.4 Å². The zero-order valence-corrected chi connectivity index (χ0v) is 21.0. The van der Waals surface area contributed by atoms with Crippen LogP contribution in [0.3, 0.4) is 0 Å². The maximum atomic E-state index is 15.3. The molecule has 10 nitrogen and oxygen atoms in total. The zero-order valence-electron chi connectivity index (χ0n) is 20.2. The van der Waals surface area contributed by atoms with E-state index in [0.717, 1.165) is 0 Å². The van der Waals surface area contributed by atoms with E-state index < -0.39 is 32.8 Å². The summed E-state index contributed by atoms with van der Waals surface area (Å²) in [6.07, 6.45) is 0.0552. The SMILES string of the molecule is CC(C)(C)N1Cc2cc(Nc3nn(C4(CC#N)CCOCC4F)c4cc[nH]c(=O)c34)ccc2S1(=O)=O. The van der Waals surface area contributed by atoms with Crippen LogP contribution in [0.25, 0.3) is 10.9 Å². The van der Waals surface area contributed by atoms with Gasteiger partial charge in [-0.15, -0.1) is 0 Å². The number of nitrogens with one attached hydrogen (secondary N) is 2. The van der Waals surface area contributed by atoms with Gasteiger partial charge in [0.2, 0.25) is 10.0 Å². The van der Waals surface area contributed by atoms with Crippen LogP contribution in [-0.2, 0) is 26.8 Å². The average Bonchev–Trinajstić information content (AvgIpc) is 3.31. The standard InChI is InChI=1S/C24H27FN6O4S/c1-23(2,3)30-13-15-12-16(4-5-18(15)36(30,33)34)28-21-20-17(6-10-27-22(20)32)31(29-21)24(7-9-26)8-11-35-14-19(24)25/h4-6,10,12,19H,7-8,11,13-14H2,1-3H3,(H,27,32)(H,28,29). The van der Waals surface area contributed by atoms with Gasteiger partial charge in [0.1, 0.15) is 17.1 Å². The largest absolute Gasteiger partial charge is 0.378 e. The molecule has 1 fully saturated rings. The molecule has 190 valence electrons. The number of sulfonamides is 1. The number of nitriles is 1. The minimum atomic E-state index is -3.62. The Morgan fingerprint density at radius 2 is 2.14 bits per heavy atom. The molecule has 2 aliphatic heterocycles. The maximum Gasteiger partial charge on any atom is 0.261 e. The summed E-state index contributed by atoms with van der Waals surface area (Å²) in [5, 5.41) is 17.5. The van der Waals surface area contributed by atoms with E-state index in [1.165, 1.54) is 21.3 Å². The molecule has 0 aliphatic carbocycles. The third-order valence-electron chi connectivity index (χ3n) is 6.89. The van der Waals surface area contributed by atoms with Crippen molar-refractivity contribution >= 4 is 32.4 Å². The van der Waals surface area contributed by atoms with E-state index in [1.807, 2.05) is 20.8 Å². The molecule has 3 aromatic rings. The van der Waals surface area contributed by atoms with Crippen molar-refractivity contribution in [3.05, 3.63) is 46.4 Å². The van der Waals surface area contributed by atoms with E-state index in [0.29, 0.717) is 16.8 Å². The molecule has 1 aromatic carbocycles. The second-order valence-electron chi connectivity index (χ2n) is 10.2. The molecule has 0 amide bonds. The van der Waals surface area contributed by atoms with Crippen LogP contribution in [0.4, 0.5) is 15.9 Å². The lowest BCUT2D eigenvalue weighted by atomic mass is 9.85. The quantitative estimate of drug-likeness (QED) is 0.546. The molecular formula is C24H27FN6O4S. The summed E-state index contributed by atoms with van der Waals surface area (Å²) in [7, 11) is -3.62. The number of benzene rings is 1. The van der Waals surface area contributed by atoms with Crippen molar-refractivity contribution in [1.29, 1.82) is 5.26 Å². The van der Waals surface area contributed by atoms with Gasteiger partial charge in [-0.05, 0) is 57.0 Å². The normalized spacial score (nSPS) is 23.9. The Balaban J connectivity index is 1.60. The summed E-state index contributed by atoms with van der Waals surface area (Å²) in [5.74, 6) is 0.191. The highest BCUT2D eigenvalue weighted by molar-refractivity contribution is 7.89. The van der Waals surface area contributed by atoms with Gasteiger partial charge < -0.3 is 15.0 Å². The number of H-pyrrole nitrogens is 1. The number of alkyl halides is 1. The summed E-state index contributed by atoms with van der Waals surface area (Å²) in [6.45, 7) is 5.84. The van der Waals surface area contributed by atoms with Crippen molar-refractivity contribution in [1.82, 2.24) is 19.1 Å². The molecule has 5 rings (SSSR count). The topological polar surface area (TPSA) is 133 Å². The van der Waals surface area contributed by atoms with Crippen LogP contribution in [0.1, 0.15) is 39.2 Å². The Morgan fingerprint density at radius 3 is 2.83 bits per heavy atom. The minimum Gasteiger partial charge on any atom is -0.378 e. The van der Waals surface area contributed by atoms with Gasteiger partial charge in [0.15, 0.2) is 5.82 Å². The number of halogens is 1.